The highest BCUT2D eigenvalue weighted by Crippen LogP contribution is 2.32. The van der Waals surface area contributed by atoms with Gasteiger partial charge in [0.05, 0.1) is 16.8 Å². The van der Waals surface area contributed by atoms with E-state index < -0.39 is 50.4 Å². The van der Waals surface area contributed by atoms with Gasteiger partial charge in [0.15, 0.2) is 5.03 Å². The topological polar surface area (TPSA) is 125 Å². The Hall–Kier alpha value is -2.51. The maximum absolute atomic E-state index is 12.9. The molecule has 2 amide bonds. The Morgan fingerprint density at radius 2 is 2.00 bits per heavy atom. The van der Waals surface area contributed by atoms with E-state index in [-0.39, 0.29) is 11.8 Å². The lowest BCUT2D eigenvalue weighted by Crippen LogP contribution is -2.33. The Balaban J connectivity index is 2.46. The molecule has 3 N–H and O–H groups in total. The third-order valence-corrected chi connectivity index (χ3v) is 5.05. The highest BCUT2D eigenvalue weighted by molar-refractivity contribution is 7.90. The van der Waals surface area contributed by atoms with Crippen LogP contribution in [-0.2, 0) is 21.0 Å². The van der Waals surface area contributed by atoms with Crippen LogP contribution in [0.25, 0.3) is 0 Å². The predicted molar refractivity (Wildman–Crippen MR) is 88.5 cm³/mol. The smallest absolute Gasteiger partial charge is 0.384 e. The summed E-state index contributed by atoms with van der Waals surface area (Å²) < 4.78 is 65.0. The number of alkyl halides is 3. The molecule has 2 aromatic rings. The van der Waals surface area contributed by atoms with E-state index >= 15 is 0 Å². The van der Waals surface area contributed by atoms with Crippen molar-refractivity contribution >= 4 is 38.9 Å². The van der Waals surface area contributed by atoms with Gasteiger partial charge in [-0.3, -0.25) is 9.59 Å². The van der Waals surface area contributed by atoms with Gasteiger partial charge in [-0.05, 0) is 24.4 Å². The number of aliphatic hydroxyl groups excluding tert-OH is 1. The van der Waals surface area contributed by atoms with Gasteiger partial charge in [0.1, 0.15) is 6.10 Å². The lowest BCUT2D eigenvalue weighted by molar-refractivity contribution is -0.138. The Morgan fingerprint density at radius 1 is 1.33 bits per heavy atom. The second-order valence-corrected chi connectivity index (χ2v) is 7.56. The quantitative estimate of drug-likeness (QED) is 0.671. The maximum Gasteiger partial charge on any atom is 0.417 e. The molecule has 0 radical (unpaired) electrons. The Morgan fingerprint density at radius 3 is 2.52 bits per heavy atom. The lowest BCUT2D eigenvalue weighted by atomic mass is 10.2. The fraction of sp³-hybridized carbons (Fsp3) is 0.214. The van der Waals surface area contributed by atoms with Crippen molar-refractivity contribution in [3.63, 3.8) is 0 Å². The summed E-state index contributed by atoms with van der Waals surface area (Å²) in [6.45, 7) is 1.03. The van der Waals surface area contributed by atoms with Gasteiger partial charge < -0.3 is 10.4 Å². The van der Waals surface area contributed by atoms with Crippen LogP contribution >= 0.6 is 11.3 Å². The molecule has 0 bridgehead atoms. The van der Waals surface area contributed by atoms with E-state index in [9.17, 15) is 36.3 Å². The normalized spacial score (nSPS) is 13.1. The van der Waals surface area contributed by atoms with Crippen LogP contribution < -0.4 is 10.0 Å². The van der Waals surface area contributed by atoms with E-state index in [1.165, 1.54) is 16.8 Å². The highest BCUT2D eigenvalue weighted by Gasteiger charge is 2.34. The molecule has 0 aliphatic carbocycles. The van der Waals surface area contributed by atoms with Gasteiger partial charge in [-0.15, -0.1) is 0 Å². The molecule has 146 valence electrons. The number of aliphatic hydroxyl groups is 1. The first kappa shape index (κ1) is 20.8. The SMILES string of the molecule is CC(O)C(=O)Nc1cc(C(F)(F)F)cnc1S(=O)(=O)NC(=O)c1ccsc1. The van der Waals surface area contributed by atoms with Crippen molar-refractivity contribution in [2.45, 2.75) is 24.2 Å². The molecule has 2 rings (SSSR count). The summed E-state index contributed by atoms with van der Waals surface area (Å²) in [4.78, 5) is 26.8. The van der Waals surface area contributed by atoms with E-state index in [2.05, 4.69) is 4.98 Å². The number of sulfonamides is 1. The van der Waals surface area contributed by atoms with Gasteiger partial charge in [0.2, 0.25) is 0 Å². The van der Waals surface area contributed by atoms with Gasteiger partial charge in [-0.1, -0.05) is 0 Å². The Bertz CT molecular complexity index is 957. The molecule has 0 spiro atoms. The molecule has 0 aromatic carbocycles. The van der Waals surface area contributed by atoms with Gasteiger partial charge in [0, 0.05) is 11.6 Å². The second kappa shape index (κ2) is 7.62. The van der Waals surface area contributed by atoms with E-state index in [4.69, 9.17) is 0 Å². The number of anilines is 1. The van der Waals surface area contributed by atoms with Crippen LogP contribution in [0, 0.1) is 0 Å². The van der Waals surface area contributed by atoms with E-state index in [0.29, 0.717) is 6.07 Å². The number of carbonyl (C=O) groups excluding carboxylic acids is 2. The molecule has 2 heterocycles. The zero-order valence-electron chi connectivity index (χ0n) is 13.4. The minimum atomic E-state index is -4.86. The number of nitrogens with zero attached hydrogens (tertiary/aromatic N) is 1. The number of hydrogen-bond acceptors (Lipinski definition) is 7. The van der Waals surface area contributed by atoms with Crippen molar-refractivity contribution in [2.24, 2.45) is 0 Å². The van der Waals surface area contributed by atoms with Crippen LogP contribution in [0.3, 0.4) is 0 Å². The average molecular weight is 423 g/mol. The number of nitrogens with one attached hydrogen (secondary N) is 2. The first-order valence-electron chi connectivity index (χ1n) is 7.07. The van der Waals surface area contributed by atoms with E-state index in [1.54, 1.807) is 4.72 Å². The van der Waals surface area contributed by atoms with Crippen molar-refractivity contribution in [2.75, 3.05) is 5.32 Å². The molecule has 0 aliphatic heterocycles. The number of thiophene rings is 1. The molecule has 27 heavy (non-hydrogen) atoms. The molecular weight excluding hydrogens is 411 g/mol. The summed E-state index contributed by atoms with van der Waals surface area (Å²) in [7, 11) is -4.72. The number of aromatic nitrogens is 1. The van der Waals surface area contributed by atoms with Crippen molar-refractivity contribution in [3.05, 3.63) is 40.2 Å². The molecule has 0 aliphatic rings. The number of hydrogen-bond donors (Lipinski definition) is 3. The third kappa shape index (κ3) is 5.02. The molecule has 13 heteroatoms. The summed E-state index contributed by atoms with van der Waals surface area (Å²) in [5.74, 6) is -2.18. The molecule has 2 aromatic heterocycles. The van der Waals surface area contributed by atoms with Gasteiger partial charge in [-0.2, -0.15) is 32.9 Å². The van der Waals surface area contributed by atoms with Crippen molar-refractivity contribution in [1.82, 2.24) is 9.71 Å². The summed E-state index contributed by atoms with van der Waals surface area (Å²) >= 11 is 1.13. The minimum absolute atomic E-state index is 0.0186. The predicted octanol–water partition coefficient (Wildman–Crippen LogP) is 1.60. The zero-order valence-corrected chi connectivity index (χ0v) is 15.1. The monoisotopic (exact) mass is 423 g/mol. The van der Waals surface area contributed by atoms with Gasteiger partial charge in [0.25, 0.3) is 21.8 Å². The van der Waals surface area contributed by atoms with Crippen LogP contribution in [-0.4, -0.2) is 36.4 Å². The Kier molecular flexibility index (Phi) is 5.87. The minimum Gasteiger partial charge on any atom is -0.384 e. The number of pyridine rings is 1. The molecule has 1 unspecified atom stereocenters. The molecule has 0 fully saturated rings. The number of halogens is 3. The number of carbonyl (C=O) groups is 2. The fourth-order valence-corrected chi connectivity index (χ4v) is 3.46. The van der Waals surface area contributed by atoms with Crippen molar-refractivity contribution in [1.29, 1.82) is 0 Å². The summed E-state index contributed by atoms with van der Waals surface area (Å²) in [5, 5.41) is 12.9. The van der Waals surface area contributed by atoms with Crippen molar-refractivity contribution in [3.8, 4) is 0 Å². The average Bonchev–Trinajstić information content (AvgIpc) is 3.07. The van der Waals surface area contributed by atoms with Crippen LogP contribution in [0.1, 0.15) is 22.8 Å². The molecule has 1 atom stereocenters. The van der Waals surface area contributed by atoms with Crippen LogP contribution in [0.5, 0.6) is 0 Å². The standard InChI is InChI=1S/C14H12F3N3O5S2/c1-7(21)11(22)19-10-4-9(14(15,16)17)5-18-13(10)27(24,25)20-12(23)8-2-3-26-6-8/h2-7,21H,1H3,(H,19,22)(H,20,23). The summed E-state index contributed by atoms with van der Waals surface area (Å²) in [6, 6.07) is 1.68. The largest absolute Gasteiger partial charge is 0.417 e. The highest BCUT2D eigenvalue weighted by atomic mass is 32.2. The summed E-state index contributed by atoms with van der Waals surface area (Å²) in [6.07, 6.45) is -6.24. The Labute approximate surface area is 155 Å². The molecule has 8 nitrogen and oxygen atoms in total. The zero-order chi connectivity index (χ0) is 20.4. The first-order chi connectivity index (χ1) is 12.4. The summed E-state index contributed by atoms with van der Waals surface area (Å²) in [5.41, 5.74) is -2.14. The number of amides is 2. The van der Waals surface area contributed by atoms with Gasteiger partial charge in [-0.25, -0.2) is 9.71 Å². The molecule has 0 saturated heterocycles. The first-order valence-corrected chi connectivity index (χ1v) is 9.50. The van der Waals surface area contributed by atoms with Gasteiger partial charge >= 0.3 is 6.18 Å². The van der Waals surface area contributed by atoms with E-state index in [1.807, 2.05) is 5.32 Å². The lowest BCUT2D eigenvalue weighted by Gasteiger charge is -2.15. The fourth-order valence-electron chi connectivity index (χ4n) is 1.77. The second-order valence-electron chi connectivity index (χ2n) is 5.19. The third-order valence-electron chi connectivity index (χ3n) is 3.08. The maximum atomic E-state index is 12.9. The number of rotatable bonds is 5. The van der Waals surface area contributed by atoms with E-state index in [0.717, 1.165) is 18.3 Å². The van der Waals surface area contributed by atoms with Crippen LogP contribution in [0.15, 0.2) is 34.1 Å². The van der Waals surface area contributed by atoms with Crippen molar-refractivity contribution < 1.29 is 36.3 Å². The van der Waals surface area contributed by atoms with Crippen LogP contribution in [0.2, 0.25) is 0 Å². The van der Waals surface area contributed by atoms with Crippen LogP contribution in [0.4, 0.5) is 18.9 Å². The molecule has 0 saturated carbocycles. The molecular formula is C14H12F3N3O5S2.